The summed E-state index contributed by atoms with van der Waals surface area (Å²) in [4.78, 5) is 0. The Morgan fingerprint density at radius 3 is 0.429 bits per heavy atom. The monoisotopic (exact) mass is 320 g/mol. The maximum absolute atomic E-state index is 0. The second kappa shape index (κ2) is 43.7. The summed E-state index contributed by atoms with van der Waals surface area (Å²) in [6.45, 7) is 0. The van der Waals surface area contributed by atoms with Gasteiger partial charge in [-0.25, -0.2) is 0 Å². The van der Waals surface area contributed by atoms with E-state index in [1.165, 1.54) is 0 Å². The van der Waals surface area contributed by atoms with E-state index in [-0.39, 0.29) is 172 Å². The zero-order valence-electron chi connectivity index (χ0n) is 3.87. The van der Waals surface area contributed by atoms with Crippen LogP contribution in [0.1, 0.15) is 0 Å². The first-order valence-corrected chi connectivity index (χ1v) is 0. The molecule has 0 aromatic heterocycles. The number of hydrogen-bond donors (Lipinski definition) is 0. The molecule has 0 unspecified atom stereocenters. The maximum Gasteiger partial charge on any atom is 2.00 e. The van der Waals surface area contributed by atoms with Gasteiger partial charge in [-0.1, -0.05) is 0 Å². The van der Waals surface area contributed by atoms with Crippen LogP contribution in [-0.2, 0) is 19.5 Å². The molecule has 0 amide bonds. The van der Waals surface area contributed by atoms with Gasteiger partial charge in [0.05, 0.1) is 0 Å². The third kappa shape index (κ3) is 35.5. The number of halogens is 4. The second-order valence-corrected chi connectivity index (χ2v) is 0. The van der Waals surface area contributed by atoms with Crippen molar-refractivity contribution in [1.29, 1.82) is 0 Å². The topological polar surface area (TPSA) is 0 Å². The quantitative estimate of drug-likeness (QED) is 0.389. The van der Waals surface area contributed by atoms with Gasteiger partial charge in [-0.15, -0.1) is 0 Å². The Labute approximate surface area is 167 Å². The van der Waals surface area contributed by atoms with Gasteiger partial charge >= 0.3 is 122 Å². The first kappa shape index (κ1) is 57.6. The first-order chi connectivity index (χ1) is 0. The van der Waals surface area contributed by atoms with Gasteiger partial charge < -0.3 is 49.6 Å². The molecule has 0 saturated heterocycles. The Morgan fingerprint density at radius 1 is 0.429 bits per heavy atom. The summed E-state index contributed by atoms with van der Waals surface area (Å²) < 4.78 is 0. The zero-order chi connectivity index (χ0) is 0. The molecular formula is Cl4K2Ru. The third-order valence-electron chi connectivity index (χ3n) is 0. The summed E-state index contributed by atoms with van der Waals surface area (Å²) in [5.74, 6) is 0. The summed E-state index contributed by atoms with van der Waals surface area (Å²) >= 11 is 0. The van der Waals surface area contributed by atoms with Crippen molar-refractivity contribution in [3.63, 3.8) is 0 Å². The van der Waals surface area contributed by atoms with Gasteiger partial charge in [-0.05, 0) is 0 Å². The molecule has 0 rings (SSSR count). The van der Waals surface area contributed by atoms with E-state index in [4.69, 9.17) is 0 Å². The fraction of sp³-hybridized carbons (Fsp3) is 0. The molecule has 38 valence electrons. The van der Waals surface area contributed by atoms with Crippen molar-refractivity contribution in [1.82, 2.24) is 0 Å². The molecule has 0 saturated carbocycles. The molecule has 0 atom stereocenters. The second-order valence-electron chi connectivity index (χ2n) is 0. The van der Waals surface area contributed by atoms with E-state index in [2.05, 4.69) is 0 Å². The molecule has 0 heterocycles. The van der Waals surface area contributed by atoms with Gasteiger partial charge in [0.15, 0.2) is 0 Å². The Hall–Kier alpha value is 5.06. The van der Waals surface area contributed by atoms with Crippen molar-refractivity contribution in [2.24, 2.45) is 0 Å². The van der Waals surface area contributed by atoms with Crippen LogP contribution in [-0.4, -0.2) is 0 Å². The summed E-state index contributed by atoms with van der Waals surface area (Å²) in [6, 6.07) is 0. The summed E-state index contributed by atoms with van der Waals surface area (Å²) in [7, 11) is 0. The molecule has 0 aliphatic carbocycles. The fourth-order valence-corrected chi connectivity index (χ4v) is 0. The third-order valence-corrected chi connectivity index (χ3v) is 0. The van der Waals surface area contributed by atoms with Crippen LogP contribution in [0.3, 0.4) is 0 Å². The van der Waals surface area contributed by atoms with E-state index in [9.17, 15) is 0 Å². The molecule has 0 aromatic carbocycles. The molecule has 7 heteroatoms. The molecule has 7 heavy (non-hydrogen) atoms. The van der Waals surface area contributed by atoms with Crippen molar-refractivity contribution < 1.29 is 172 Å². The van der Waals surface area contributed by atoms with Gasteiger partial charge in [-0.2, -0.15) is 0 Å². The van der Waals surface area contributed by atoms with Crippen molar-refractivity contribution in [2.45, 2.75) is 0 Å². The van der Waals surface area contributed by atoms with Crippen molar-refractivity contribution in [2.75, 3.05) is 0 Å². The fourth-order valence-electron chi connectivity index (χ4n) is 0. The zero-order valence-corrected chi connectivity index (χ0v) is 14.9. The van der Waals surface area contributed by atoms with E-state index >= 15 is 0 Å². The van der Waals surface area contributed by atoms with Gasteiger partial charge in [0.2, 0.25) is 0 Å². The summed E-state index contributed by atoms with van der Waals surface area (Å²) in [5, 5.41) is 0. The number of hydrogen-bond acceptors (Lipinski definition) is 0. The largest absolute Gasteiger partial charge is 2.00 e. The van der Waals surface area contributed by atoms with Crippen LogP contribution in [0.5, 0.6) is 0 Å². The van der Waals surface area contributed by atoms with Crippen LogP contribution in [0.2, 0.25) is 0 Å². The van der Waals surface area contributed by atoms with E-state index in [0.717, 1.165) is 0 Å². The first-order valence-electron chi connectivity index (χ1n) is 0. The molecular weight excluding hydrogens is 321 g/mol. The molecule has 0 N–H and O–H groups in total. The molecule has 0 nitrogen and oxygen atoms in total. The van der Waals surface area contributed by atoms with Gasteiger partial charge in [0, 0.05) is 0 Å². The standard InChI is InChI=1S/4ClH.2K.Ru/h4*1H;;;/q;;;;2*+1;+2/p-4. The van der Waals surface area contributed by atoms with Gasteiger partial charge in [-0.3, -0.25) is 0 Å². The van der Waals surface area contributed by atoms with Crippen LogP contribution >= 0.6 is 0 Å². The predicted molar refractivity (Wildman–Crippen MR) is 0 cm³/mol. The van der Waals surface area contributed by atoms with Gasteiger partial charge in [0.1, 0.15) is 0 Å². The summed E-state index contributed by atoms with van der Waals surface area (Å²) in [5.41, 5.74) is 0. The van der Waals surface area contributed by atoms with Crippen molar-refractivity contribution in [3.05, 3.63) is 0 Å². The van der Waals surface area contributed by atoms with E-state index < -0.39 is 0 Å². The minimum Gasteiger partial charge on any atom is -1.00 e. The minimum absolute atomic E-state index is 0. The normalized spacial score (nSPS) is 0. The van der Waals surface area contributed by atoms with Crippen LogP contribution in [0.25, 0.3) is 0 Å². The Kier molecular flexibility index (Phi) is 360. The molecule has 0 aliphatic rings. The van der Waals surface area contributed by atoms with Crippen LogP contribution in [0.15, 0.2) is 0 Å². The van der Waals surface area contributed by atoms with E-state index in [1.54, 1.807) is 0 Å². The van der Waals surface area contributed by atoms with Crippen LogP contribution in [0.4, 0.5) is 0 Å². The van der Waals surface area contributed by atoms with Crippen molar-refractivity contribution >= 4 is 0 Å². The van der Waals surface area contributed by atoms with E-state index in [0.29, 0.717) is 0 Å². The average Bonchev–Trinajstić information content (AvgIpc) is 0. The minimum atomic E-state index is 0. The Bertz CT molecular complexity index is 9.65. The van der Waals surface area contributed by atoms with Gasteiger partial charge in [0.25, 0.3) is 0 Å². The average molecular weight is 321 g/mol. The van der Waals surface area contributed by atoms with E-state index in [1.807, 2.05) is 0 Å². The molecule has 0 radical (unpaired) electrons. The van der Waals surface area contributed by atoms with Crippen LogP contribution < -0.4 is 152 Å². The Balaban J connectivity index is 0. The van der Waals surface area contributed by atoms with Crippen LogP contribution in [0, 0.1) is 0 Å². The number of rotatable bonds is 0. The molecule has 0 spiro atoms. The molecule has 0 bridgehead atoms. The Morgan fingerprint density at radius 2 is 0.429 bits per heavy atom. The predicted octanol–water partition coefficient (Wildman–Crippen LogP) is -18.0. The molecule has 0 aliphatic heterocycles. The smallest absolute Gasteiger partial charge is 1.00 e. The maximum atomic E-state index is 0. The summed E-state index contributed by atoms with van der Waals surface area (Å²) in [6.07, 6.45) is 0. The molecule has 0 aromatic rings. The molecule has 0 fully saturated rings. The SMILES string of the molecule is [Cl-].[Cl-].[Cl-].[Cl-].[K+].[K+].[Ru+2]. The van der Waals surface area contributed by atoms with Crippen molar-refractivity contribution in [3.8, 4) is 0 Å².